The topological polar surface area (TPSA) is 59.0 Å². The summed E-state index contributed by atoms with van der Waals surface area (Å²) in [6.07, 6.45) is 7.11. The quantitative estimate of drug-likeness (QED) is 0.744. The van der Waals surface area contributed by atoms with Gasteiger partial charge in [0.2, 0.25) is 0 Å². The standard InChI is InChI=1S/C14H24N4O/c1-3-4-5-6-9-15-14(19)16-13-10-12(11-7-8-11)17-18(13)2/h10-11H,3-9H2,1-2H3,(H2,15,16,19). The van der Waals surface area contributed by atoms with E-state index < -0.39 is 0 Å². The number of anilines is 1. The van der Waals surface area contributed by atoms with Gasteiger partial charge in [0.1, 0.15) is 5.82 Å². The van der Waals surface area contributed by atoms with Gasteiger partial charge in [-0.25, -0.2) is 4.79 Å². The molecule has 2 N–H and O–H groups in total. The molecule has 1 fully saturated rings. The molecule has 19 heavy (non-hydrogen) atoms. The van der Waals surface area contributed by atoms with Crippen LogP contribution in [0.15, 0.2) is 6.07 Å². The van der Waals surface area contributed by atoms with Gasteiger partial charge in [0, 0.05) is 25.6 Å². The van der Waals surface area contributed by atoms with Gasteiger partial charge >= 0.3 is 6.03 Å². The molecule has 1 aromatic heterocycles. The third-order valence-corrected chi connectivity index (χ3v) is 3.45. The monoisotopic (exact) mass is 264 g/mol. The summed E-state index contributed by atoms with van der Waals surface area (Å²) in [5.74, 6) is 1.38. The number of carbonyl (C=O) groups excluding carboxylic acids is 1. The Hall–Kier alpha value is -1.52. The summed E-state index contributed by atoms with van der Waals surface area (Å²) >= 11 is 0. The van der Waals surface area contributed by atoms with Crippen LogP contribution in [0.25, 0.3) is 0 Å². The molecule has 5 heteroatoms. The number of carbonyl (C=O) groups is 1. The highest BCUT2D eigenvalue weighted by Crippen LogP contribution is 2.39. The minimum Gasteiger partial charge on any atom is -0.338 e. The highest BCUT2D eigenvalue weighted by molar-refractivity contribution is 5.88. The lowest BCUT2D eigenvalue weighted by molar-refractivity contribution is 0.251. The Kier molecular flexibility index (Phi) is 4.82. The van der Waals surface area contributed by atoms with E-state index in [-0.39, 0.29) is 6.03 Å². The van der Waals surface area contributed by atoms with Gasteiger partial charge in [-0.3, -0.25) is 10.00 Å². The zero-order valence-corrected chi connectivity index (χ0v) is 11.9. The normalized spacial score (nSPS) is 14.4. The number of amides is 2. The summed E-state index contributed by atoms with van der Waals surface area (Å²) in [6.45, 7) is 2.92. The van der Waals surface area contributed by atoms with Crippen molar-refractivity contribution in [2.24, 2.45) is 7.05 Å². The molecule has 0 radical (unpaired) electrons. The molecule has 1 aliphatic rings. The Balaban J connectivity index is 1.72. The van der Waals surface area contributed by atoms with Crippen LogP contribution in [0.2, 0.25) is 0 Å². The molecular weight excluding hydrogens is 240 g/mol. The lowest BCUT2D eigenvalue weighted by Crippen LogP contribution is -2.30. The van der Waals surface area contributed by atoms with Gasteiger partial charge in [0.25, 0.3) is 0 Å². The van der Waals surface area contributed by atoms with Crippen molar-refractivity contribution in [3.63, 3.8) is 0 Å². The van der Waals surface area contributed by atoms with E-state index in [0.717, 1.165) is 24.5 Å². The largest absolute Gasteiger partial charge is 0.338 e. The average molecular weight is 264 g/mol. The summed E-state index contributed by atoms with van der Waals surface area (Å²) in [4.78, 5) is 11.7. The highest BCUT2D eigenvalue weighted by Gasteiger charge is 2.27. The second-order valence-corrected chi connectivity index (χ2v) is 5.29. The van der Waals surface area contributed by atoms with Crippen molar-refractivity contribution in [3.8, 4) is 0 Å². The number of hydrogen-bond acceptors (Lipinski definition) is 2. The van der Waals surface area contributed by atoms with E-state index in [0.29, 0.717) is 5.92 Å². The molecule has 5 nitrogen and oxygen atoms in total. The minimum absolute atomic E-state index is 0.137. The maximum atomic E-state index is 11.7. The van der Waals surface area contributed by atoms with E-state index in [4.69, 9.17) is 0 Å². The molecule has 1 aromatic rings. The van der Waals surface area contributed by atoms with Gasteiger partial charge in [0.15, 0.2) is 0 Å². The molecule has 0 unspecified atom stereocenters. The number of urea groups is 1. The Bertz CT molecular complexity index is 423. The molecule has 2 amide bonds. The first kappa shape index (κ1) is 13.9. The van der Waals surface area contributed by atoms with Crippen molar-refractivity contribution in [2.45, 2.75) is 51.4 Å². The summed E-state index contributed by atoms with van der Waals surface area (Å²) in [7, 11) is 1.86. The maximum absolute atomic E-state index is 11.7. The van der Waals surface area contributed by atoms with Crippen LogP contribution in [-0.4, -0.2) is 22.4 Å². The predicted octanol–water partition coefficient (Wildman–Crippen LogP) is 3.00. The van der Waals surface area contributed by atoms with Crippen molar-refractivity contribution in [1.29, 1.82) is 0 Å². The van der Waals surface area contributed by atoms with Gasteiger partial charge in [-0.2, -0.15) is 5.10 Å². The molecule has 1 saturated carbocycles. The first-order chi connectivity index (χ1) is 9.20. The van der Waals surface area contributed by atoms with Crippen LogP contribution in [0, 0.1) is 0 Å². The average Bonchev–Trinajstić information content (AvgIpc) is 3.16. The van der Waals surface area contributed by atoms with Gasteiger partial charge < -0.3 is 5.32 Å². The Morgan fingerprint density at radius 1 is 1.42 bits per heavy atom. The van der Waals surface area contributed by atoms with Gasteiger partial charge in [0.05, 0.1) is 5.69 Å². The van der Waals surface area contributed by atoms with Crippen LogP contribution >= 0.6 is 0 Å². The van der Waals surface area contributed by atoms with E-state index in [1.807, 2.05) is 13.1 Å². The molecule has 0 aromatic carbocycles. The zero-order chi connectivity index (χ0) is 13.7. The number of unbranched alkanes of at least 4 members (excludes halogenated alkanes) is 3. The molecule has 1 heterocycles. The molecular formula is C14H24N4O. The highest BCUT2D eigenvalue weighted by atomic mass is 16.2. The van der Waals surface area contributed by atoms with Crippen molar-refractivity contribution >= 4 is 11.8 Å². The Morgan fingerprint density at radius 2 is 2.21 bits per heavy atom. The van der Waals surface area contributed by atoms with Crippen LogP contribution in [0.5, 0.6) is 0 Å². The van der Waals surface area contributed by atoms with Crippen LogP contribution in [0.1, 0.15) is 57.1 Å². The molecule has 2 rings (SSSR count). The SMILES string of the molecule is CCCCCCNC(=O)Nc1cc(C2CC2)nn1C. The number of rotatable bonds is 7. The molecule has 0 saturated heterocycles. The lowest BCUT2D eigenvalue weighted by Gasteiger charge is -2.07. The predicted molar refractivity (Wildman–Crippen MR) is 76.3 cm³/mol. The molecule has 1 aliphatic carbocycles. The number of nitrogens with zero attached hydrogens (tertiary/aromatic N) is 2. The van der Waals surface area contributed by atoms with Gasteiger partial charge in [-0.1, -0.05) is 26.2 Å². The second kappa shape index (κ2) is 6.59. The number of aryl methyl sites for hydroxylation is 1. The summed E-state index contributed by atoms with van der Waals surface area (Å²) in [5.41, 5.74) is 1.10. The zero-order valence-electron chi connectivity index (χ0n) is 11.9. The summed E-state index contributed by atoms with van der Waals surface area (Å²) in [5, 5.41) is 10.2. The molecule has 106 valence electrons. The Morgan fingerprint density at radius 3 is 2.89 bits per heavy atom. The number of aromatic nitrogens is 2. The van der Waals surface area contributed by atoms with E-state index in [9.17, 15) is 4.79 Å². The van der Waals surface area contributed by atoms with E-state index >= 15 is 0 Å². The molecule has 0 bridgehead atoms. The van der Waals surface area contributed by atoms with Crippen molar-refractivity contribution < 1.29 is 4.79 Å². The maximum Gasteiger partial charge on any atom is 0.320 e. The Labute approximate surface area is 114 Å². The van der Waals surface area contributed by atoms with Crippen LogP contribution < -0.4 is 10.6 Å². The van der Waals surface area contributed by atoms with Crippen molar-refractivity contribution in [2.75, 3.05) is 11.9 Å². The third-order valence-electron chi connectivity index (χ3n) is 3.45. The van der Waals surface area contributed by atoms with Crippen molar-refractivity contribution in [3.05, 3.63) is 11.8 Å². The second-order valence-electron chi connectivity index (χ2n) is 5.29. The fourth-order valence-corrected chi connectivity index (χ4v) is 2.10. The summed E-state index contributed by atoms with van der Waals surface area (Å²) in [6, 6.07) is 1.84. The van der Waals surface area contributed by atoms with Gasteiger partial charge in [-0.05, 0) is 19.3 Å². The molecule has 0 atom stereocenters. The first-order valence-electron chi connectivity index (χ1n) is 7.29. The van der Waals surface area contributed by atoms with E-state index in [1.54, 1.807) is 4.68 Å². The smallest absolute Gasteiger partial charge is 0.320 e. The lowest BCUT2D eigenvalue weighted by atomic mass is 10.2. The van der Waals surface area contributed by atoms with Crippen LogP contribution in [-0.2, 0) is 7.05 Å². The molecule has 0 spiro atoms. The van der Waals surface area contributed by atoms with Crippen LogP contribution in [0.4, 0.5) is 10.6 Å². The fraction of sp³-hybridized carbons (Fsp3) is 0.714. The van der Waals surface area contributed by atoms with Gasteiger partial charge in [-0.15, -0.1) is 0 Å². The number of hydrogen-bond donors (Lipinski definition) is 2. The minimum atomic E-state index is -0.137. The third kappa shape index (κ3) is 4.26. The van der Waals surface area contributed by atoms with E-state index in [1.165, 1.54) is 32.1 Å². The fourth-order valence-electron chi connectivity index (χ4n) is 2.10. The van der Waals surface area contributed by atoms with E-state index in [2.05, 4.69) is 22.7 Å². The first-order valence-corrected chi connectivity index (χ1v) is 7.29. The van der Waals surface area contributed by atoms with Crippen LogP contribution in [0.3, 0.4) is 0 Å². The van der Waals surface area contributed by atoms with Crippen molar-refractivity contribution in [1.82, 2.24) is 15.1 Å². The summed E-state index contributed by atoms with van der Waals surface area (Å²) < 4.78 is 1.74. The number of nitrogens with one attached hydrogen (secondary N) is 2. The molecule has 0 aliphatic heterocycles.